The molecule has 3 rings (SSSR count). The number of hydrogen-bond donors (Lipinski definition) is 3. The maximum absolute atomic E-state index is 12.1. The van der Waals surface area contributed by atoms with E-state index in [9.17, 15) is 9.90 Å². The van der Waals surface area contributed by atoms with Gasteiger partial charge in [0.2, 0.25) is 0 Å². The van der Waals surface area contributed by atoms with Crippen LogP contribution in [0.1, 0.15) is 42.9 Å². The van der Waals surface area contributed by atoms with Gasteiger partial charge in [-0.15, -0.1) is 0 Å². The molecule has 0 saturated heterocycles. The highest BCUT2D eigenvalue weighted by molar-refractivity contribution is 6.30. The molecule has 5 heteroatoms. The van der Waals surface area contributed by atoms with Crippen molar-refractivity contribution in [2.75, 3.05) is 0 Å². The number of amides is 2. The molecule has 4 nitrogen and oxygen atoms in total. The van der Waals surface area contributed by atoms with E-state index in [1.54, 1.807) is 0 Å². The van der Waals surface area contributed by atoms with Crippen molar-refractivity contribution >= 4 is 17.6 Å². The Kier molecular flexibility index (Phi) is 6.53. The zero-order valence-electron chi connectivity index (χ0n) is 14.7. The van der Waals surface area contributed by atoms with Crippen LogP contribution in [0, 0.1) is 5.92 Å². The average Bonchev–Trinajstić information content (AvgIpc) is 2.68. The van der Waals surface area contributed by atoms with Crippen molar-refractivity contribution in [2.45, 2.75) is 44.4 Å². The minimum atomic E-state index is -0.420. The molecule has 1 atom stereocenters. The molecule has 1 unspecified atom stereocenters. The highest BCUT2D eigenvalue weighted by Gasteiger charge is 2.27. The summed E-state index contributed by atoms with van der Waals surface area (Å²) < 4.78 is 0. The van der Waals surface area contributed by atoms with Crippen molar-refractivity contribution in [3.05, 3.63) is 70.7 Å². The minimum Gasteiger partial charge on any atom is -0.388 e. The van der Waals surface area contributed by atoms with Crippen LogP contribution < -0.4 is 10.6 Å². The number of carbonyl (C=O) groups excluding carboxylic acids is 1. The normalized spacial score (nSPS) is 21.0. The number of urea groups is 1. The van der Waals surface area contributed by atoms with Crippen molar-refractivity contribution < 1.29 is 9.90 Å². The third-order valence-electron chi connectivity index (χ3n) is 5.06. The van der Waals surface area contributed by atoms with Crippen LogP contribution in [0.5, 0.6) is 0 Å². The van der Waals surface area contributed by atoms with Gasteiger partial charge in [0.05, 0.1) is 6.10 Å². The van der Waals surface area contributed by atoms with Crippen LogP contribution in [0.15, 0.2) is 54.6 Å². The number of nitrogens with one attached hydrogen (secondary N) is 2. The van der Waals surface area contributed by atoms with E-state index in [1.165, 1.54) is 0 Å². The van der Waals surface area contributed by atoms with Gasteiger partial charge in [-0.05, 0) is 54.9 Å². The number of halogens is 1. The maximum Gasteiger partial charge on any atom is 0.315 e. The van der Waals surface area contributed by atoms with Gasteiger partial charge in [0.25, 0.3) is 0 Å². The Hall–Kier alpha value is -2.04. The van der Waals surface area contributed by atoms with E-state index in [-0.39, 0.29) is 18.0 Å². The predicted molar refractivity (Wildman–Crippen MR) is 104 cm³/mol. The molecule has 1 aliphatic rings. The van der Waals surface area contributed by atoms with Gasteiger partial charge >= 0.3 is 6.03 Å². The first kappa shape index (κ1) is 18.7. The number of hydrogen-bond acceptors (Lipinski definition) is 2. The molecule has 138 valence electrons. The smallest absolute Gasteiger partial charge is 0.315 e. The monoisotopic (exact) mass is 372 g/mol. The molecule has 2 amide bonds. The van der Waals surface area contributed by atoms with Crippen LogP contribution >= 0.6 is 11.6 Å². The van der Waals surface area contributed by atoms with E-state index in [0.717, 1.165) is 36.8 Å². The lowest BCUT2D eigenvalue weighted by molar-refractivity contribution is 0.0789. The second-order valence-corrected chi connectivity index (χ2v) is 7.36. The lowest BCUT2D eigenvalue weighted by Crippen LogP contribution is -2.43. The van der Waals surface area contributed by atoms with Gasteiger partial charge < -0.3 is 15.7 Å². The topological polar surface area (TPSA) is 61.4 Å². The molecule has 1 aliphatic carbocycles. The summed E-state index contributed by atoms with van der Waals surface area (Å²) in [5, 5.41) is 17.1. The fraction of sp³-hybridized carbons (Fsp3) is 0.381. The Morgan fingerprint density at radius 1 is 1.04 bits per heavy atom. The molecule has 0 aromatic heterocycles. The van der Waals surface area contributed by atoms with Gasteiger partial charge in [-0.3, -0.25) is 0 Å². The molecule has 0 bridgehead atoms. The summed E-state index contributed by atoms with van der Waals surface area (Å²) in [4.78, 5) is 12.1. The molecule has 1 saturated carbocycles. The van der Waals surface area contributed by atoms with E-state index in [2.05, 4.69) is 10.6 Å². The van der Waals surface area contributed by atoms with Crippen LogP contribution in [0.25, 0.3) is 0 Å². The van der Waals surface area contributed by atoms with Crippen molar-refractivity contribution in [1.82, 2.24) is 10.6 Å². The SMILES string of the molecule is O=C(NCc1ccc(Cl)cc1)NC1CCC(C(O)c2ccccc2)CC1. The molecular formula is C21H25ClN2O2. The summed E-state index contributed by atoms with van der Waals surface area (Å²) in [7, 11) is 0. The molecule has 1 fully saturated rings. The molecule has 0 spiro atoms. The Balaban J connectivity index is 1.40. The number of aliphatic hydroxyl groups is 1. The number of carbonyl (C=O) groups is 1. The third kappa shape index (κ3) is 5.23. The third-order valence-corrected chi connectivity index (χ3v) is 5.31. The average molecular weight is 373 g/mol. The van der Waals surface area contributed by atoms with Crippen LogP contribution in [-0.4, -0.2) is 17.2 Å². The Morgan fingerprint density at radius 3 is 2.35 bits per heavy atom. The molecule has 3 N–H and O–H groups in total. The molecule has 2 aromatic carbocycles. The molecule has 0 heterocycles. The van der Waals surface area contributed by atoms with E-state index >= 15 is 0 Å². The van der Waals surface area contributed by atoms with Crippen molar-refractivity contribution in [2.24, 2.45) is 5.92 Å². The van der Waals surface area contributed by atoms with Gasteiger partial charge in [0.15, 0.2) is 0 Å². The summed E-state index contributed by atoms with van der Waals surface area (Å²) in [6, 6.07) is 17.3. The summed E-state index contributed by atoms with van der Waals surface area (Å²) in [6.07, 6.45) is 3.19. The second-order valence-electron chi connectivity index (χ2n) is 6.92. The number of benzene rings is 2. The van der Waals surface area contributed by atoms with Crippen molar-refractivity contribution in [3.63, 3.8) is 0 Å². The standard InChI is InChI=1S/C21H25ClN2O2/c22-18-10-6-15(7-11-18)14-23-21(26)24-19-12-8-17(9-13-19)20(25)16-4-2-1-3-5-16/h1-7,10-11,17,19-20,25H,8-9,12-14H2,(H2,23,24,26). The fourth-order valence-corrected chi connectivity index (χ4v) is 3.65. The van der Waals surface area contributed by atoms with Crippen LogP contribution in [-0.2, 0) is 6.54 Å². The molecule has 0 radical (unpaired) electrons. The Morgan fingerprint density at radius 2 is 1.69 bits per heavy atom. The van der Waals surface area contributed by atoms with E-state index < -0.39 is 6.10 Å². The van der Waals surface area contributed by atoms with E-state index in [4.69, 9.17) is 11.6 Å². The van der Waals surface area contributed by atoms with Crippen molar-refractivity contribution in [1.29, 1.82) is 0 Å². The quantitative estimate of drug-likeness (QED) is 0.727. The number of rotatable bonds is 5. The fourth-order valence-electron chi connectivity index (χ4n) is 3.52. The van der Waals surface area contributed by atoms with Crippen LogP contribution in [0.3, 0.4) is 0 Å². The van der Waals surface area contributed by atoms with Gasteiger partial charge in [-0.1, -0.05) is 54.1 Å². The number of aliphatic hydroxyl groups excluding tert-OH is 1. The minimum absolute atomic E-state index is 0.146. The van der Waals surface area contributed by atoms with Gasteiger partial charge in [-0.25, -0.2) is 4.79 Å². The first-order valence-corrected chi connectivity index (χ1v) is 9.51. The second kappa shape index (κ2) is 9.06. The molecule has 2 aromatic rings. The lowest BCUT2D eigenvalue weighted by atomic mass is 9.80. The molecular weight excluding hydrogens is 348 g/mol. The summed E-state index contributed by atoms with van der Waals surface area (Å²) >= 11 is 5.86. The van der Waals surface area contributed by atoms with E-state index in [1.807, 2.05) is 54.6 Å². The van der Waals surface area contributed by atoms with Gasteiger partial charge in [0.1, 0.15) is 0 Å². The molecule has 26 heavy (non-hydrogen) atoms. The zero-order valence-corrected chi connectivity index (χ0v) is 15.5. The Labute approximate surface area is 159 Å². The molecule has 0 aliphatic heterocycles. The largest absolute Gasteiger partial charge is 0.388 e. The zero-order chi connectivity index (χ0) is 18.4. The van der Waals surface area contributed by atoms with Crippen LogP contribution in [0.2, 0.25) is 5.02 Å². The maximum atomic E-state index is 12.1. The first-order chi connectivity index (χ1) is 12.6. The first-order valence-electron chi connectivity index (χ1n) is 9.13. The highest BCUT2D eigenvalue weighted by Crippen LogP contribution is 2.34. The predicted octanol–water partition coefficient (Wildman–Crippen LogP) is 4.43. The highest BCUT2D eigenvalue weighted by atomic mass is 35.5. The summed E-state index contributed by atoms with van der Waals surface area (Å²) in [5.74, 6) is 0.257. The summed E-state index contributed by atoms with van der Waals surface area (Å²) in [5.41, 5.74) is 1.99. The lowest BCUT2D eigenvalue weighted by Gasteiger charge is -2.32. The van der Waals surface area contributed by atoms with Crippen LogP contribution in [0.4, 0.5) is 4.79 Å². The Bertz CT molecular complexity index is 698. The summed E-state index contributed by atoms with van der Waals surface area (Å²) in [6.45, 7) is 0.477. The van der Waals surface area contributed by atoms with Gasteiger partial charge in [0, 0.05) is 17.6 Å². The van der Waals surface area contributed by atoms with E-state index in [0.29, 0.717) is 11.6 Å². The van der Waals surface area contributed by atoms with Crippen molar-refractivity contribution in [3.8, 4) is 0 Å². The van der Waals surface area contributed by atoms with Gasteiger partial charge in [-0.2, -0.15) is 0 Å².